The van der Waals surface area contributed by atoms with Crippen molar-refractivity contribution in [2.45, 2.75) is 96.6 Å². The second kappa shape index (κ2) is 11.8. The first-order valence-electron chi connectivity index (χ1n) is 12.3. The molecule has 2 heterocycles. The van der Waals surface area contributed by atoms with Crippen LogP contribution in [0, 0.1) is 0 Å². The number of carbonyl (C=O) groups excluding carboxylic acids is 1. The van der Waals surface area contributed by atoms with Gasteiger partial charge in [-0.15, -0.1) is 0 Å². The molecule has 0 bridgehead atoms. The lowest BCUT2D eigenvalue weighted by atomic mass is 9.88. The zero-order chi connectivity index (χ0) is 23.8. The molecule has 0 aliphatic carbocycles. The normalized spacial score (nSPS) is 21.0. The quantitative estimate of drug-likeness (QED) is 0.277. The highest BCUT2D eigenvalue weighted by Crippen LogP contribution is 2.34. The highest BCUT2D eigenvalue weighted by atomic mass is 16.7. The molecule has 1 saturated heterocycles. The van der Waals surface area contributed by atoms with Crippen LogP contribution in [0.1, 0.15) is 89.7 Å². The first kappa shape index (κ1) is 25.4. The molecular weight excluding hydrogens is 414 g/mol. The molecule has 0 radical (unpaired) electrons. The van der Waals surface area contributed by atoms with E-state index in [1.54, 1.807) is 0 Å². The smallest absolute Gasteiger partial charge is 0.305 e. The van der Waals surface area contributed by atoms with E-state index in [9.17, 15) is 4.79 Å². The van der Waals surface area contributed by atoms with Crippen molar-refractivity contribution in [1.29, 1.82) is 0 Å². The predicted octanol–water partition coefficient (Wildman–Crippen LogP) is 6.80. The van der Waals surface area contributed by atoms with Crippen LogP contribution in [-0.4, -0.2) is 36.1 Å². The van der Waals surface area contributed by atoms with Crippen LogP contribution in [0.4, 0.5) is 0 Å². The zero-order valence-corrected chi connectivity index (χ0v) is 20.8. The summed E-state index contributed by atoms with van der Waals surface area (Å²) in [6.07, 6.45) is 12.7. The van der Waals surface area contributed by atoms with Crippen LogP contribution >= 0.6 is 0 Å². The number of pyridine rings is 1. The van der Waals surface area contributed by atoms with Crippen molar-refractivity contribution in [3.63, 3.8) is 0 Å². The van der Waals surface area contributed by atoms with Crippen LogP contribution < -0.4 is 0 Å². The number of hydrogen-bond donors (Lipinski definition) is 0. The van der Waals surface area contributed by atoms with Crippen molar-refractivity contribution in [2.75, 3.05) is 7.11 Å². The Morgan fingerprint density at radius 2 is 2.00 bits per heavy atom. The van der Waals surface area contributed by atoms with Gasteiger partial charge in [-0.25, -0.2) is 0 Å². The van der Waals surface area contributed by atoms with Gasteiger partial charge in [0.15, 0.2) is 5.79 Å². The fourth-order valence-electron chi connectivity index (χ4n) is 4.70. The van der Waals surface area contributed by atoms with E-state index in [4.69, 9.17) is 19.2 Å². The number of nitrogens with zero attached hydrogens (tertiary/aromatic N) is 1. The number of carbonyl (C=O) groups is 1. The third-order valence-electron chi connectivity index (χ3n) is 6.37. The minimum absolute atomic E-state index is 0.0975. The van der Waals surface area contributed by atoms with Gasteiger partial charge in [-0.3, -0.25) is 9.78 Å². The minimum atomic E-state index is -0.650. The maximum atomic E-state index is 11.5. The van der Waals surface area contributed by atoms with Gasteiger partial charge in [0.05, 0.1) is 18.7 Å². The Labute approximate surface area is 198 Å². The highest BCUT2D eigenvalue weighted by Gasteiger charge is 2.39. The van der Waals surface area contributed by atoms with Gasteiger partial charge in [0, 0.05) is 18.0 Å². The summed E-state index contributed by atoms with van der Waals surface area (Å²) in [6.45, 7) is 8.44. The molecule has 180 valence electrons. The fourth-order valence-corrected chi connectivity index (χ4v) is 4.70. The molecule has 1 fully saturated rings. The maximum absolute atomic E-state index is 11.5. The third kappa shape index (κ3) is 6.87. The van der Waals surface area contributed by atoms with Gasteiger partial charge < -0.3 is 14.2 Å². The molecule has 5 heteroatoms. The molecule has 0 saturated carbocycles. The summed E-state index contributed by atoms with van der Waals surface area (Å²) in [7, 11) is 1.42. The summed E-state index contributed by atoms with van der Waals surface area (Å²) in [5.41, 5.74) is 3.53. The number of hydrogen-bond acceptors (Lipinski definition) is 5. The van der Waals surface area contributed by atoms with Crippen LogP contribution in [0.3, 0.4) is 0 Å². The van der Waals surface area contributed by atoms with Gasteiger partial charge in [-0.05, 0) is 56.2 Å². The van der Waals surface area contributed by atoms with Crippen molar-refractivity contribution in [1.82, 2.24) is 4.98 Å². The molecule has 1 aliphatic heterocycles. The van der Waals surface area contributed by atoms with E-state index >= 15 is 0 Å². The van der Waals surface area contributed by atoms with Gasteiger partial charge in [0.25, 0.3) is 0 Å². The molecule has 0 spiro atoms. The SMILES string of the molecule is CCCCCC(C)c1c(/C=C/[C@H]2OC(C)(C)O[C@H]2CCCC(=O)OC)cnc2ccccc12. The van der Waals surface area contributed by atoms with E-state index in [1.165, 1.54) is 37.3 Å². The van der Waals surface area contributed by atoms with Crippen molar-refractivity contribution >= 4 is 22.9 Å². The van der Waals surface area contributed by atoms with Gasteiger partial charge >= 0.3 is 5.97 Å². The predicted molar refractivity (Wildman–Crippen MR) is 133 cm³/mol. The monoisotopic (exact) mass is 453 g/mol. The van der Waals surface area contributed by atoms with E-state index < -0.39 is 5.79 Å². The van der Waals surface area contributed by atoms with E-state index in [0.717, 1.165) is 23.9 Å². The number of para-hydroxylation sites is 1. The lowest BCUT2D eigenvalue weighted by molar-refractivity contribution is -0.144. The first-order valence-corrected chi connectivity index (χ1v) is 12.3. The molecule has 0 amide bonds. The molecular formula is C28H39NO4. The summed E-state index contributed by atoms with van der Waals surface area (Å²) in [4.78, 5) is 16.2. The summed E-state index contributed by atoms with van der Waals surface area (Å²) < 4.78 is 17.1. The molecule has 33 heavy (non-hydrogen) atoms. The standard InChI is InChI=1S/C28H39NO4/c1-6-7-8-12-20(2)27-21(19-29-23-14-10-9-13-22(23)27)17-18-25-24(32-28(3,4)33-25)15-11-16-26(30)31-5/h9-10,13-14,17-20,24-25H,6-8,11-12,15-16H2,1-5H3/b18-17+/t20?,24-,25+/m0/s1. The van der Waals surface area contributed by atoms with E-state index in [0.29, 0.717) is 18.8 Å². The summed E-state index contributed by atoms with van der Waals surface area (Å²) in [5.74, 6) is -0.399. The van der Waals surface area contributed by atoms with Crippen LogP contribution in [0.15, 0.2) is 36.5 Å². The average molecular weight is 454 g/mol. The number of methoxy groups -OCH3 is 1. The van der Waals surface area contributed by atoms with Crippen molar-refractivity contribution in [2.24, 2.45) is 0 Å². The first-order chi connectivity index (χ1) is 15.8. The van der Waals surface area contributed by atoms with Gasteiger partial charge in [-0.2, -0.15) is 0 Å². The molecule has 3 atom stereocenters. The van der Waals surface area contributed by atoms with Crippen LogP contribution in [-0.2, 0) is 19.0 Å². The molecule has 3 rings (SSSR count). The largest absolute Gasteiger partial charge is 0.469 e. The van der Waals surface area contributed by atoms with E-state index in [1.807, 2.05) is 26.1 Å². The molecule has 1 aliphatic rings. The second-order valence-electron chi connectivity index (χ2n) is 9.51. The molecule has 1 unspecified atom stereocenters. The Balaban J connectivity index is 1.83. The van der Waals surface area contributed by atoms with Crippen LogP contribution in [0.2, 0.25) is 0 Å². The van der Waals surface area contributed by atoms with E-state index in [-0.39, 0.29) is 18.2 Å². The summed E-state index contributed by atoms with van der Waals surface area (Å²) in [5, 5.41) is 1.22. The topological polar surface area (TPSA) is 57.7 Å². The Morgan fingerprint density at radius 3 is 2.76 bits per heavy atom. The third-order valence-corrected chi connectivity index (χ3v) is 6.37. The van der Waals surface area contributed by atoms with Crippen molar-refractivity contribution in [3.05, 3.63) is 47.7 Å². The highest BCUT2D eigenvalue weighted by molar-refractivity contribution is 5.85. The summed E-state index contributed by atoms with van der Waals surface area (Å²) in [6, 6.07) is 8.40. The van der Waals surface area contributed by atoms with Crippen LogP contribution in [0.25, 0.3) is 17.0 Å². The Hall–Kier alpha value is -2.24. The number of esters is 1. The van der Waals surface area contributed by atoms with Crippen molar-refractivity contribution < 1.29 is 19.0 Å². The lowest BCUT2D eigenvalue weighted by Crippen LogP contribution is -2.21. The molecule has 2 aromatic rings. The number of rotatable bonds is 11. The molecule has 5 nitrogen and oxygen atoms in total. The zero-order valence-electron chi connectivity index (χ0n) is 20.8. The Morgan fingerprint density at radius 1 is 1.21 bits per heavy atom. The Bertz CT molecular complexity index is 952. The lowest BCUT2D eigenvalue weighted by Gasteiger charge is -2.18. The molecule has 1 aromatic carbocycles. The number of aromatic nitrogens is 1. The maximum Gasteiger partial charge on any atom is 0.305 e. The Kier molecular flexibility index (Phi) is 9.04. The van der Waals surface area contributed by atoms with Gasteiger partial charge in [-0.1, -0.05) is 63.5 Å². The average Bonchev–Trinajstić information content (AvgIpc) is 3.10. The molecule has 0 N–H and O–H groups in total. The number of unbranched alkanes of at least 4 members (excludes halogenated alkanes) is 2. The minimum Gasteiger partial charge on any atom is -0.469 e. The number of benzene rings is 1. The van der Waals surface area contributed by atoms with Gasteiger partial charge in [0.1, 0.15) is 6.10 Å². The van der Waals surface area contributed by atoms with Crippen LogP contribution in [0.5, 0.6) is 0 Å². The number of ether oxygens (including phenoxy) is 3. The summed E-state index contributed by atoms with van der Waals surface area (Å²) >= 11 is 0. The molecule has 1 aromatic heterocycles. The number of fused-ring (bicyclic) bond motifs is 1. The van der Waals surface area contributed by atoms with E-state index in [2.05, 4.69) is 44.2 Å². The fraction of sp³-hybridized carbons (Fsp3) is 0.571. The van der Waals surface area contributed by atoms with Gasteiger partial charge in [0.2, 0.25) is 0 Å². The second-order valence-corrected chi connectivity index (χ2v) is 9.51. The van der Waals surface area contributed by atoms with Crippen molar-refractivity contribution in [3.8, 4) is 0 Å².